The second kappa shape index (κ2) is 4.64. The van der Waals surface area contributed by atoms with Gasteiger partial charge in [-0.1, -0.05) is 13.8 Å². The van der Waals surface area contributed by atoms with Gasteiger partial charge in [0, 0.05) is 17.9 Å². The van der Waals surface area contributed by atoms with E-state index < -0.39 is 5.63 Å². The molecule has 18 heavy (non-hydrogen) atoms. The van der Waals surface area contributed by atoms with Gasteiger partial charge in [0.15, 0.2) is 11.4 Å². The van der Waals surface area contributed by atoms with E-state index in [2.05, 4.69) is 0 Å². The van der Waals surface area contributed by atoms with Gasteiger partial charge in [0.2, 0.25) is 0 Å². The van der Waals surface area contributed by atoms with Crippen LogP contribution in [0, 0.1) is 5.92 Å². The quantitative estimate of drug-likeness (QED) is 0.668. The van der Waals surface area contributed by atoms with Crippen molar-refractivity contribution in [2.24, 2.45) is 5.92 Å². The predicted molar refractivity (Wildman–Crippen MR) is 67.9 cm³/mol. The SMILES string of the molecule is CC(C)CC(=O)c1c(O)ccc2ccc(=O)oc12. The second-order valence-electron chi connectivity index (χ2n) is 4.65. The van der Waals surface area contributed by atoms with Crippen LogP contribution in [0.4, 0.5) is 0 Å². The maximum absolute atomic E-state index is 12.1. The first-order valence-corrected chi connectivity index (χ1v) is 5.78. The van der Waals surface area contributed by atoms with Crippen LogP contribution in [0.25, 0.3) is 11.0 Å². The van der Waals surface area contributed by atoms with E-state index in [1.165, 1.54) is 12.1 Å². The summed E-state index contributed by atoms with van der Waals surface area (Å²) in [7, 11) is 0. The Bertz CT molecular complexity index is 652. The summed E-state index contributed by atoms with van der Waals surface area (Å²) in [6.45, 7) is 3.83. The van der Waals surface area contributed by atoms with Gasteiger partial charge in [-0.3, -0.25) is 4.79 Å². The predicted octanol–water partition coefficient (Wildman–Crippen LogP) is 2.73. The van der Waals surface area contributed by atoms with Gasteiger partial charge in [0.05, 0.1) is 0 Å². The van der Waals surface area contributed by atoms with Crippen LogP contribution in [0.2, 0.25) is 0 Å². The summed E-state index contributed by atoms with van der Waals surface area (Å²) < 4.78 is 5.04. The molecule has 2 rings (SSSR count). The molecule has 0 aliphatic carbocycles. The van der Waals surface area contributed by atoms with Crippen molar-refractivity contribution in [2.75, 3.05) is 0 Å². The third kappa shape index (κ3) is 2.27. The second-order valence-corrected chi connectivity index (χ2v) is 4.65. The molecular weight excluding hydrogens is 232 g/mol. The Morgan fingerprint density at radius 3 is 2.61 bits per heavy atom. The number of benzene rings is 1. The highest BCUT2D eigenvalue weighted by Gasteiger charge is 2.18. The molecule has 0 atom stereocenters. The largest absolute Gasteiger partial charge is 0.507 e. The molecule has 1 heterocycles. The summed E-state index contributed by atoms with van der Waals surface area (Å²) in [5, 5.41) is 10.4. The Balaban J connectivity index is 2.67. The summed E-state index contributed by atoms with van der Waals surface area (Å²) >= 11 is 0. The van der Waals surface area contributed by atoms with Crippen molar-refractivity contribution >= 4 is 16.8 Å². The number of aromatic hydroxyl groups is 1. The molecule has 0 radical (unpaired) electrons. The molecule has 1 N–H and O–H groups in total. The number of ketones is 1. The molecule has 0 fully saturated rings. The van der Waals surface area contributed by atoms with Crippen molar-refractivity contribution in [3.63, 3.8) is 0 Å². The first kappa shape index (κ1) is 12.4. The van der Waals surface area contributed by atoms with Gasteiger partial charge in [-0.25, -0.2) is 4.79 Å². The first-order valence-electron chi connectivity index (χ1n) is 5.78. The van der Waals surface area contributed by atoms with E-state index in [1.54, 1.807) is 12.1 Å². The normalized spacial score (nSPS) is 11.1. The Kier molecular flexibility index (Phi) is 3.19. The van der Waals surface area contributed by atoms with Crippen LogP contribution in [0.15, 0.2) is 33.5 Å². The summed E-state index contributed by atoms with van der Waals surface area (Å²) in [6, 6.07) is 5.92. The number of carbonyl (C=O) groups is 1. The monoisotopic (exact) mass is 246 g/mol. The van der Waals surface area contributed by atoms with E-state index in [1.807, 2.05) is 13.8 Å². The average molecular weight is 246 g/mol. The van der Waals surface area contributed by atoms with Crippen molar-refractivity contribution in [2.45, 2.75) is 20.3 Å². The summed E-state index contributed by atoms with van der Waals surface area (Å²) in [5.74, 6) is -0.201. The molecule has 0 amide bonds. The van der Waals surface area contributed by atoms with E-state index in [9.17, 15) is 14.7 Å². The minimum atomic E-state index is -0.535. The third-order valence-corrected chi connectivity index (χ3v) is 2.64. The standard InChI is InChI=1S/C14H14O4/c1-8(2)7-11(16)13-10(15)5-3-9-4-6-12(17)18-14(9)13/h3-6,8,15H,7H2,1-2H3. The molecule has 0 aliphatic heterocycles. The Morgan fingerprint density at radius 2 is 1.94 bits per heavy atom. The zero-order chi connectivity index (χ0) is 13.3. The third-order valence-electron chi connectivity index (χ3n) is 2.64. The Morgan fingerprint density at radius 1 is 1.28 bits per heavy atom. The molecular formula is C14H14O4. The zero-order valence-electron chi connectivity index (χ0n) is 10.3. The van der Waals surface area contributed by atoms with Gasteiger partial charge >= 0.3 is 5.63 Å². The number of phenols is 1. The highest BCUT2D eigenvalue weighted by molar-refractivity contribution is 6.08. The Hall–Kier alpha value is -2.10. The fourth-order valence-electron chi connectivity index (χ4n) is 1.86. The lowest BCUT2D eigenvalue weighted by Crippen LogP contribution is -2.06. The van der Waals surface area contributed by atoms with Crippen LogP contribution >= 0.6 is 0 Å². The first-order chi connectivity index (χ1) is 8.49. The van der Waals surface area contributed by atoms with E-state index in [0.717, 1.165) is 0 Å². The van der Waals surface area contributed by atoms with Crippen LogP contribution < -0.4 is 5.63 Å². The summed E-state index contributed by atoms with van der Waals surface area (Å²) in [4.78, 5) is 23.3. The Labute approximate surface area is 104 Å². The highest BCUT2D eigenvalue weighted by Crippen LogP contribution is 2.28. The van der Waals surface area contributed by atoms with Gasteiger partial charge in [-0.05, 0) is 24.1 Å². The van der Waals surface area contributed by atoms with E-state index in [0.29, 0.717) is 11.8 Å². The van der Waals surface area contributed by atoms with Gasteiger partial charge < -0.3 is 9.52 Å². The minimum absolute atomic E-state index is 0.0962. The molecule has 1 aromatic carbocycles. The van der Waals surface area contributed by atoms with Crippen LogP contribution in [-0.2, 0) is 0 Å². The number of carbonyl (C=O) groups excluding carboxylic acids is 1. The lowest BCUT2D eigenvalue weighted by atomic mass is 9.98. The molecule has 4 heteroatoms. The van der Waals surface area contributed by atoms with Gasteiger partial charge in [0.1, 0.15) is 11.3 Å². The van der Waals surface area contributed by atoms with Crippen molar-refractivity contribution in [1.82, 2.24) is 0 Å². The molecule has 2 aromatic rings. The van der Waals surface area contributed by atoms with E-state index in [-0.39, 0.29) is 28.6 Å². The minimum Gasteiger partial charge on any atom is -0.507 e. The topological polar surface area (TPSA) is 67.5 Å². The number of hydrogen-bond donors (Lipinski definition) is 1. The fraction of sp³-hybridized carbons (Fsp3) is 0.286. The smallest absolute Gasteiger partial charge is 0.336 e. The average Bonchev–Trinajstić information content (AvgIpc) is 2.27. The highest BCUT2D eigenvalue weighted by atomic mass is 16.4. The van der Waals surface area contributed by atoms with Crippen LogP contribution in [0.5, 0.6) is 5.75 Å². The molecule has 0 bridgehead atoms. The van der Waals surface area contributed by atoms with Gasteiger partial charge in [-0.2, -0.15) is 0 Å². The van der Waals surface area contributed by atoms with Gasteiger partial charge in [-0.15, -0.1) is 0 Å². The maximum atomic E-state index is 12.1. The zero-order valence-corrected chi connectivity index (χ0v) is 10.3. The van der Waals surface area contributed by atoms with E-state index in [4.69, 9.17) is 4.42 Å². The molecule has 1 aromatic heterocycles. The van der Waals surface area contributed by atoms with Crippen molar-refractivity contribution in [3.05, 3.63) is 40.2 Å². The number of rotatable bonds is 3. The lowest BCUT2D eigenvalue weighted by Gasteiger charge is -2.08. The number of fused-ring (bicyclic) bond motifs is 1. The molecule has 0 spiro atoms. The molecule has 4 nitrogen and oxygen atoms in total. The van der Waals surface area contributed by atoms with Gasteiger partial charge in [0.25, 0.3) is 0 Å². The summed E-state index contributed by atoms with van der Waals surface area (Å²) in [5.41, 5.74) is -0.279. The molecule has 0 aliphatic rings. The molecule has 0 saturated carbocycles. The molecule has 0 unspecified atom stereocenters. The summed E-state index contributed by atoms with van der Waals surface area (Å²) in [6.07, 6.45) is 0.297. The fourth-order valence-corrected chi connectivity index (χ4v) is 1.86. The lowest BCUT2D eigenvalue weighted by molar-refractivity contribution is 0.0966. The van der Waals surface area contributed by atoms with Crippen molar-refractivity contribution in [3.8, 4) is 5.75 Å². The molecule has 0 saturated heterocycles. The van der Waals surface area contributed by atoms with Crippen LogP contribution in [0.3, 0.4) is 0 Å². The number of hydrogen-bond acceptors (Lipinski definition) is 4. The van der Waals surface area contributed by atoms with Crippen molar-refractivity contribution in [1.29, 1.82) is 0 Å². The van der Waals surface area contributed by atoms with Crippen LogP contribution in [-0.4, -0.2) is 10.9 Å². The van der Waals surface area contributed by atoms with Crippen LogP contribution in [0.1, 0.15) is 30.6 Å². The maximum Gasteiger partial charge on any atom is 0.336 e. The van der Waals surface area contributed by atoms with Crippen molar-refractivity contribution < 1.29 is 14.3 Å². The van der Waals surface area contributed by atoms with E-state index >= 15 is 0 Å². The molecule has 94 valence electrons. The number of phenolic OH excluding ortho intramolecular Hbond substituents is 1. The number of Topliss-reactive ketones (excluding diaryl/α,β-unsaturated/α-hetero) is 1.